The molecule has 1 aromatic heterocycles. The van der Waals surface area contributed by atoms with Crippen molar-refractivity contribution in [3.05, 3.63) is 42.1 Å². The minimum Gasteiger partial charge on any atom is -0.399 e. The average molecular weight is 186 g/mol. The van der Waals surface area contributed by atoms with Gasteiger partial charge in [0.25, 0.3) is 0 Å². The Balaban J connectivity index is 2.55. The van der Waals surface area contributed by atoms with E-state index in [1.807, 2.05) is 24.4 Å². The lowest BCUT2D eigenvalue weighted by molar-refractivity contribution is 1.14. The maximum atomic E-state index is 5.77. The lowest BCUT2D eigenvalue weighted by atomic mass is 10.0. The summed E-state index contributed by atoms with van der Waals surface area (Å²) in [4.78, 5) is 3.20. The van der Waals surface area contributed by atoms with E-state index in [1.54, 1.807) is 0 Å². The molecule has 0 atom stereocenters. The first kappa shape index (κ1) is 8.88. The molecule has 0 fully saturated rings. The highest BCUT2D eigenvalue weighted by Gasteiger charge is 2.04. The van der Waals surface area contributed by atoms with E-state index in [0.717, 1.165) is 17.8 Å². The van der Waals surface area contributed by atoms with Gasteiger partial charge in [-0.2, -0.15) is 0 Å². The number of rotatable bonds is 2. The van der Waals surface area contributed by atoms with E-state index in [2.05, 4.69) is 24.0 Å². The third-order valence-corrected chi connectivity index (χ3v) is 2.40. The van der Waals surface area contributed by atoms with E-state index < -0.39 is 0 Å². The standard InChI is InChI=1S/C12H14N2/c1-2-9-5-6-10(13)8-11(9)12-4-3-7-14-12/h3-8,14H,2,13H2,1H3. The molecule has 0 aliphatic heterocycles. The number of benzene rings is 1. The number of hydrogen-bond acceptors (Lipinski definition) is 1. The van der Waals surface area contributed by atoms with Gasteiger partial charge in [0.1, 0.15) is 0 Å². The number of H-pyrrole nitrogens is 1. The maximum absolute atomic E-state index is 5.77. The van der Waals surface area contributed by atoms with Gasteiger partial charge in [-0.05, 0) is 36.2 Å². The zero-order chi connectivity index (χ0) is 9.97. The smallest absolute Gasteiger partial charge is 0.0457 e. The van der Waals surface area contributed by atoms with Crippen LogP contribution in [0.3, 0.4) is 0 Å². The summed E-state index contributed by atoms with van der Waals surface area (Å²) in [6.45, 7) is 2.15. The van der Waals surface area contributed by atoms with Crippen LogP contribution < -0.4 is 5.73 Å². The molecule has 0 bridgehead atoms. The van der Waals surface area contributed by atoms with Gasteiger partial charge in [-0.15, -0.1) is 0 Å². The number of anilines is 1. The van der Waals surface area contributed by atoms with Crippen LogP contribution in [0.2, 0.25) is 0 Å². The molecule has 2 heteroatoms. The average Bonchev–Trinajstić information content (AvgIpc) is 2.70. The van der Waals surface area contributed by atoms with Crippen molar-refractivity contribution < 1.29 is 0 Å². The predicted octanol–water partition coefficient (Wildman–Crippen LogP) is 2.83. The summed E-state index contributed by atoms with van der Waals surface area (Å²) < 4.78 is 0. The fraction of sp³-hybridized carbons (Fsp3) is 0.167. The van der Waals surface area contributed by atoms with Crippen molar-refractivity contribution in [3.63, 3.8) is 0 Å². The molecular formula is C12H14N2. The highest BCUT2D eigenvalue weighted by Crippen LogP contribution is 2.24. The Kier molecular flexibility index (Phi) is 2.27. The molecule has 0 saturated carbocycles. The molecule has 0 aliphatic rings. The second-order valence-electron chi connectivity index (χ2n) is 3.35. The second-order valence-corrected chi connectivity index (χ2v) is 3.35. The van der Waals surface area contributed by atoms with Gasteiger partial charge in [-0.3, -0.25) is 0 Å². The highest BCUT2D eigenvalue weighted by molar-refractivity contribution is 5.68. The van der Waals surface area contributed by atoms with Gasteiger partial charge in [-0.1, -0.05) is 13.0 Å². The fourth-order valence-corrected chi connectivity index (χ4v) is 1.65. The summed E-state index contributed by atoms with van der Waals surface area (Å²) in [5, 5.41) is 0. The molecule has 0 unspecified atom stereocenters. The third kappa shape index (κ3) is 1.51. The van der Waals surface area contributed by atoms with Crippen LogP contribution in [0.5, 0.6) is 0 Å². The molecule has 2 rings (SSSR count). The lowest BCUT2D eigenvalue weighted by Crippen LogP contribution is -1.91. The van der Waals surface area contributed by atoms with Crippen LogP contribution in [0.15, 0.2) is 36.5 Å². The minimum absolute atomic E-state index is 0.812. The Morgan fingerprint density at radius 1 is 1.29 bits per heavy atom. The van der Waals surface area contributed by atoms with E-state index in [1.165, 1.54) is 11.1 Å². The molecule has 0 spiro atoms. The number of aromatic amines is 1. The molecular weight excluding hydrogens is 172 g/mol. The lowest BCUT2D eigenvalue weighted by Gasteiger charge is -2.06. The van der Waals surface area contributed by atoms with E-state index in [4.69, 9.17) is 5.73 Å². The quantitative estimate of drug-likeness (QED) is 0.696. The zero-order valence-electron chi connectivity index (χ0n) is 8.25. The van der Waals surface area contributed by atoms with Gasteiger partial charge in [-0.25, -0.2) is 0 Å². The molecule has 2 nitrogen and oxygen atoms in total. The summed E-state index contributed by atoms with van der Waals surface area (Å²) >= 11 is 0. The van der Waals surface area contributed by atoms with Crippen LogP contribution in [0.1, 0.15) is 12.5 Å². The van der Waals surface area contributed by atoms with Crippen molar-refractivity contribution in [1.29, 1.82) is 0 Å². The van der Waals surface area contributed by atoms with Gasteiger partial charge in [0.05, 0.1) is 0 Å². The Morgan fingerprint density at radius 3 is 2.79 bits per heavy atom. The van der Waals surface area contributed by atoms with E-state index >= 15 is 0 Å². The van der Waals surface area contributed by atoms with Crippen LogP contribution >= 0.6 is 0 Å². The largest absolute Gasteiger partial charge is 0.399 e. The number of aromatic nitrogens is 1. The number of nitrogens with two attached hydrogens (primary N) is 1. The summed E-state index contributed by atoms with van der Waals surface area (Å²) in [5.41, 5.74) is 10.2. The zero-order valence-corrected chi connectivity index (χ0v) is 8.25. The monoisotopic (exact) mass is 186 g/mol. The Labute approximate surface area is 83.8 Å². The number of aryl methyl sites for hydroxylation is 1. The van der Waals surface area contributed by atoms with Gasteiger partial charge < -0.3 is 10.7 Å². The summed E-state index contributed by atoms with van der Waals surface area (Å²) in [7, 11) is 0. The molecule has 0 saturated heterocycles. The van der Waals surface area contributed by atoms with E-state index in [9.17, 15) is 0 Å². The minimum atomic E-state index is 0.812. The first-order valence-corrected chi connectivity index (χ1v) is 4.83. The van der Waals surface area contributed by atoms with Crippen LogP contribution in [0.4, 0.5) is 5.69 Å². The van der Waals surface area contributed by atoms with E-state index in [-0.39, 0.29) is 0 Å². The molecule has 14 heavy (non-hydrogen) atoms. The van der Waals surface area contributed by atoms with Crippen LogP contribution in [0, 0.1) is 0 Å². The van der Waals surface area contributed by atoms with Gasteiger partial charge in [0, 0.05) is 23.1 Å². The summed E-state index contributed by atoms with van der Waals surface area (Å²) in [6.07, 6.45) is 2.95. The number of nitrogens with one attached hydrogen (secondary N) is 1. The predicted molar refractivity (Wildman–Crippen MR) is 60.0 cm³/mol. The van der Waals surface area contributed by atoms with E-state index in [0.29, 0.717) is 0 Å². The topological polar surface area (TPSA) is 41.8 Å². The number of hydrogen-bond donors (Lipinski definition) is 2. The molecule has 0 aliphatic carbocycles. The molecule has 2 aromatic rings. The van der Waals surface area contributed by atoms with Crippen molar-refractivity contribution in [2.75, 3.05) is 5.73 Å². The van der Waals surface area contributed by atoms with Gasteiger partial charge in [0.15, 0.2) is 0 Å². The van der Waals surface area contributed by atoms with Crippen molar-refractivity contribution in [1.82, 2.24) is 4.98 Å². The first-order chi connectivity index (χ1) is 6.81. The van der Waals surface area contributed by atoms with Crippen molar-refractivity contribution in [2.24, 2.45) is 0 Å². The number of nitrogen functional groups attached to an aromatic ring is 1. The summed E-state index contributed by atoms with van der Waals surface area (Å²) in [5.74, 6) is 0. The molecule has 1 heterocycles. The van der Waals surface area contributed by atoms with Crippen LogP contribution in [-0.2, 0) is 6.42 Å². The fourth-order valence-electron chi connectivity index (χ4n) is 1.65. The second kappa shape index (κ2) is 3.58. The van der Waals surface area contributed by atoms with Gasteiger partial charge in [0.2, 0.25) is 0 Å². The molecule has 0 radical (unpaired) electrons. The van der Waals surface area contributed by atoms with Crippen molar-refractivity contribution in [3.8, 4) is 11.3 Å². The third-order valence-electron chi connectivity index (χ3n) is 2.40. The Bertz CT molecular complexity index is 416. The molecule has 72 valence electrons. The van der Waals surface area contributed by atoms with Crippen LogP contribution in [-0.4, -0.2) is 4.98 Å². The first-order valence-electron chi connectivity index (χ1n) is 4.83. The normalized spacial score (nSPS) is 10.4. The summed E-state index contributed by atoms with van der Waals surface area (Å²) in [6, 6.07) is 10.1. The van der Waals surface area contributed by atoms with Crippen molar-refractivity contribution >= 4 is 5.69 Å². The molecule has 0 amide bonds. The Hall–Kier alpha value is -1.70. The maximum Gasteiger partial charge on any atom is 0.0457 e. The van der Waals surface area contributed by atoms with Gasteiger partial charge >= 0.3 is 0 Å². The molecule has 3 N–H and O–H groups in total. The van der Waals surface area contributed by atoms with Crippen molar-refractivity contribution in [2.45, 2.75) is 13.3 Å². The van der Waals surface area contributed by atoms with Crippen LogP contribution in [0.25, 0.3) is 11.3 Å². The SMILES string of the molecule is CCc1ccc(N)cc1-c1ccc[nH]1. The highest BCUT2D eigenvalue weighted by atomic mass is 14.7. The molecule has 1 aromatic carbocycles. The Morgan fingerprint density at radius 2 is 2.14 bits per heavy atom.